The van der Waals surface area contributed by atoms with Crippen molar-refractivity contribution < 1.29 is 9.32 Å². The SMILES string of the molecule is Cc1cc(N)nc(SCC(=O)Nc2cc(C(C)C)no2)n1. The number of hydrogen-bond donors (Lipinski definition) is 2. The second kappa shape index (κ2) is 6.57. The lowest BCUT2D eigenvalue weighted by atomic mass is 10.1. The van der Waals surface area contributed by atoms with Gasteiger partial charge < -0.3 is 10.3 Å². The molecule has 0 aliphatic rings. The van der Waals surface area contributed by atoms with Crippen LogP contribution in [0.25, 0.3) is 0 Å². The number of nitrogens with one attached hydrogen (secondary N) is 1. The molecule has 0 spiro atoms. The van der Waals surface area contributed by atoms with Gasteiger partial charge in [0.25, 0.3) is 0 Å². The van der Waals surface area contributed by atoms with E-state index in [0.29, 0.717) is 16.9 Å². The predicted molar refractivity (Wildman–Crippen MR) is 81.1 cm³/mol. The minimum atomic E-state index is -0.213. The topological polar surface area (TPSA) is 107 Å². The fraction of sp³-hybridized carbons (Fsp3) is 0.385. The average Bonchev–Trinajstić information content (AvgIpc) is 2.84. The lowest BCUT2D eigenvalue weighted by Gasteiger charge is -2.02. The van der Waals surface area contributed by atoms with Gasteiger partial charge in [0.15, 0.2) is 5.16 Å². The summed E-state index contributed by atoms with van der Waals surface area (Å²) in [5.41, 5.74) is 7.20. The molecule has 0 bridgehead atoms. The lowest BCUT2D eigenvalue weighted by molar-refractivity contribution is -0.113. The average molecular weight is 307 g/mol. The molecule has 3 N–H and O–H groups in total. The summed E-state index contributed by atoms with van der Waals surface area (Å²) in [5.74, 6) is 0.935. The first kappa shape index (κ1) is 15.3. The van der Waals surface area contributed by atoms with Crippen LogP contribution in [-0.4, -0.2) is 26.8 Å². The molecule has 0 aliphatic heterocycles. The zero-order valence-electron chi connectivity index (χ0n) is 12.1. The Morgan fingerprint density at radius 3 is 2.81 bits per heavy atom. The number of aromatic nitrogens is 3. The van der Waals surface area contributed by atoms with Crippen LogP contribution in [0.4, 0.5) is 11.7 Å². The van der Waals surface area contributed by atoms with Gasteiger partial charge in [-0.25, -0.2) is 9.97 Å². The summed E-state index contributed by atoms with van der Waals surface area (Å²) in [6.45, 7) is 5.82. The Balaban J connectivity index is 1.89. The van der Waals surface area contributed by atoms with Crippen LogP contribution < -0.4 is 11.1 Å². The molecule has 0 atom stereocenters. The van der Waals surface area contributed by atoms with Crippen molar-refractivity contribution in [1.29, 1.82) is 0 Å². The molecule has 7 nitrogen and oxygen atoms in total. The van der Waals surface area contributed by atoms with Gasteiger partial charge in [-0.2, -0.15) is 0 Å². The maximum absolute atomic E-state index is 11.8. The van der Waals surface area contributed by atoms with Crippen molar-refractivity contribution in [2.45, 2.75) is 31.8 Å². The van der Waals surface area contributed by atoms with Gasteiger partial charge in [0.05, 0.1) is 11.4 Å². The zero-order chi connectivity index (χ0) is 15.4. The first-order chi connectivity index (χ1) is 9.94. The highest BCUT2D eigenvalue weighted by Gasteiger charge is 2.11. The van der Waals surface area contributed by atoms with E-state index in [0.717, 1.165) is 11.4 Å². The monoisotopic (exact) mass is 307 g/mol. The molecular formula is C13H17N5O2S. The summed E-state index contributed by atoms with van der Waals surface area (Å²) >= 11 is 1.21. The number of nitrogens with two attached hydrogens (primary N) is 1. The minimum absolute atomic E-state index is 0.167. The number of hydrogen-bond acceptors (Lipinski definition) is 7. The molecule has 0 aliphatic carbocycles. The third-order valence-corrected chi connectivity index (χ3v) is 3.42. The Labute approximate surface area is 126 Å². The standard InChI is InChI=1S/C13H17N5O2S/c1-7(2)9-5-12(20-18-9)17-11(19)6-21-13-15-8(3)4-10(14)16-13/h4-5,7H,6H2,1-3H3,(H,17,19)(H2,14,15,16). The molecule has 0 saturated heterocycles. The van der Waals surface area contributed by atoms with E-state index in [9.17, 15) is 4.79 Å². The van der Waals surface area contributed by atoms with Gasteiger partial charge in [-0.15, -0.1) is 0 Å². The minimum Gasteiger partial charge on any atom is -0.384 e. The Bertz CT molecular complexity index is 621. The van der Waals surface area contributed by atoms with Crippen molar-refractivity contribution in [3.05, 3.63) is 23.5 Å². The molecule has 21 heavy (non-hydrogen) atoms. The van der Waals surface area contributed by atoms with Gasteiger partial charge in [-0.1, -0.05) is 30.8 Å². The Hall–Kier alpha value is -2.09. The number of nitrogens with zero attached hydrogens (tertiary/aromatic N) is 3. The van der Waals surface area contributed by atoms with E-state index in [1.54, 1.807) is 12.1 Å². The van der Waals surface area contributed by atoms with Crippen LogP contribution in [0, 0.1) is 6.92 Å². The van der Waals surface area contributed by atoms with Crippen molar-refractivity contribution >= 4 is 29.4 Å². The van der Waals surface area contributed by atoms with Crippen molar-refractivity contribution in [3.8, 4) is 0 Å². The molecule has 0 aromatic carbocycles. The molecule has 112 valence electrons. The summed E-state index contributed by atoms with van der Waals surface area (Å²) in [5, 5.41) is 6.99. The Morgan fingerprint density at radius 2 is 2.19 bits per heavy atom. The summed E-state index contributed by atoms with van der Waals surface area (Å²) in [6, 6.07) is 3.39. The number of thioether (sulfide) groups is 1. The number of carbonyl (C=O) groups excluding carboxylic acids is 1. The molecule has 0 saturated carbocycles. The van der Waals surface area contributed by atoms with Gasteiger partial charge >= 0.3 is 0 Å². The van der Waals surface area contributed by atoms with Gasteiger partial charge in [0, 0.05) is 17.8 Å². The van der Waals surface area contributed by atoms with Gasteiger partial charge in [0.1, 0.15) is 5.82 Å². The fourth-order valence-corrected chi connectivity index (χ4v) is 2.26. The quantitative estimate of drug-likeness (QED) is 0.644. The first-order valence-electron chi connectivity index (χ1n) is 6.44. The Morgan fingerprint density at radius 1 is 1.43 bits per heavy atom. The van der Waals surface area contributed by atoms with Crippen molar-refractivity contribution in [2.24, 2.45) is 0 Å². The number of rotatable bonds is 5. The van der Waals surface area contributed by atoms with Crippen LogP contribution in [0.3, 0.4) is 0 Å². The third kappa shape index (κ3) is 4.45. The molecule has 0 radical (unpaired) electrons. The number of anilines is 2. The summed E-state index contributed by atoms with van der Waals surface area (Å²) in [4.78, 5) is 20.1. The van der Waals surface area contributed by atoms with Gasteiger partial charge in [-0.05, 0) is 12.8 Å². The van der Waals surface area contributed by atoms with E-state index in [-0.39, 0.29) is 17.6 Å². The van der Waals surface area contributed by atoms with Crippen molar-refractivity contribution in [3.63, 3.8) is 0 Å². The number of nitrogen functional groups attached to an aromatic ring is 1. The van der Waals surface area contributed by atoms with E-state index in [4.69, 9.17) is 10.3 Å². The molecule has 0 unspecified atom stereocenters. The molecule has 2 heterocycles. The van der Waals surface area contributed by atoms with Gasteiger partial charge in [-0.3, -0.25) is 10.1 Å². The van der Waals surface area contributed by atoms with Crippen molar-refractivity contribution in [2.75, 3.05) is 16.8 Å². The first-order valence-corrected chi connectivity index (χ1v) is 7.43. The van der Waals surface area contributed by atoms with E-state index in [1.807, 2.05) is 20.8 Å². The number of amides is 1. The van der Waals surface area contributed by atoms with E-state index in [2.05, 4.69) is 20.4 Å². The fourth-order valence-electron chi connectivity index (χ4n) is 1.55. The van der Waals surface area contributed by atoms with Crippen LogP contribution in [0.5, 0.6) is 0 Å². The second-order valence-electron chi connectivity index (χ2n) is 4.82. The summed E-state index contributed by atoms with van der Waals surface area (Å²) in [6.07, 6.45) is 0. The maximum Gasteiger partial charge on any atom is 0.237 e. The highest BCUT2D eigenvalue weighted by atomic mass is 32.2. The molecule has 8 heteroatoms. The van der Waals surface area contributed by atoms with E-state index < -0.39 is 0 Å². The Kier molecular flexibility index (Phi) is 4.79. The normalized spacial score (nSPS) is 10.9. The van der Waals surface area contributed by atoms with Crippen molar-refractivity contribution in [1.82, 2.24) is 15.1 Å². The lowest BCUT2D eigenvalue weighted by Crippen LogP contribution is -2.14. The van der Waals surface area contributed by atoms with Gasteiger partial charge in [0.2, 0.25) is 11.8 Å². The number of carbonyl (C=O) groups is 1. The maximum atomic E-state index is 11.8. The summed E-state index contributed by atoms with van der Waals surface area (Å²) in [7, 11) is 0. The molecule has 1 amide bonds. The molecule has 0 fully saturated rings. The van der Waals surface area contributed by atoms with E-state index in [1.165, 1.54) is 11.8 Å². The molecular weight excluding hydrogens is 290 g/mol. The van der Waals surface area contributed by atoms with E-state index >= 15 is 0 Å². The van der Waals surface area contributed by atoms with Crippen LogP contribution >= 0.6 is 11.8 Å². The third-order valence-electron chi connectivity index (χ3n) is 2.57. The predicted octanol–water partition coefficient (Wildman–Crippen LogP) is 2.21. The van der Waals surface area contributed by atoms with Crippen LogP contribution in [-0.2, 0) is 4.79 Å². The molecule has 2 rings (SSSR count). The zero-order valence-corrected chi connectivity index (χ0v) is 12.9. The highest BCUT2D eigenvalue weighted by Crippen LogP contribution is 2.19. The highest BCUT2D eigenvalue weighted by molar-refractivity contribution is 7.99. The second-order valence-corrected chi connectivity index (χ2v) is 5.77. The smallest absolute Gasteiger partial charge is 0.237 e. The molecule has 2 aromatic heterocycles. The number of aryl methyl sites for hydroxylation is 1. The van der Waals surface area contributed by atoms with Crippen LogP contribution in [0.1, 0.15) is 31.2 Å². The summed E-state index contributed by atoms with van der Waals surface area (Å²) < 4.78 is 5.04. The van der Waals surface area contributed by atoms with Crippen LogP contribution in [0.15, 0.2) is 21.8 Å². The van der Waals surface area contributed by atoms with Crippen LogP contribution in [0.2, 0.25) is 0 Å². The molecule has 2 aromatic rings. The largest absolute Gasteiger partial charge is 0.384 e.